The molecule has 1 unspecified atom stereocenters. The minimum absolute atomic E-state index is 0.0630. The first-order valence-electron chi connectivity index (χ1n) is 6.03. The number of nitriles is 1. The van der Waals surface area contributed by atoms with Gasteiger partial charge in [-0.1, -0.05) is 18.2 Å². The van der Waals surface area contributed by atoms with Crippen LogP contribution in [0.1, 0.15) is 18.1 Å². The van der Waals surface area contributed by atoms with E-state index in [1.807, 2.05) is 46.0 Å². The van der Waals surface area contributed by atoms with Gasteiger partial charge >= 0.3 is 0 Å². The van der Waals surface area contributed by atoms with E-state index in [9.17, 15) is 4.79 Å². The Morgan fingerprint density at radius 1 is 1.44 bits per heavy atom. The number of aryl methyl sites for hydroxylation is 2. The molecule has 18 heavy (non-hydrogen) atoms. The molecule has 0 aliphatic rings. The van der Waals surface area contributed by atoms with Crippen LogP contribution in [0.15, 0.2) is 18.2 Å². The second-order valence-electron chi connectivity index (χ2n) is 4.69. The number of carbonyl (C=O) groups excluding carboxylic acids is 1. The number of amides is 1. The van der Waals surface area contributed by atoms with Crippen LogP contribution in [0.2, 0.25) is 0 Å². The standard InChI is InChI=1S/C14H19N3O/c1-10-6-5-7-11(2)14(10)16-13(18)9-17(4)12(3)8-15/h5-7,12H,9H2,1-4H3,(H,16,18)/p+1/t12-/m1/s1. The predicted molar refractivity (Wildman–Crippen MR) is 71.4 cm³/mol. The molecule has 2 atom stereocenters. The van der Waals surface area contributed by atoms with Crippen LogP contribution in [0.4, 0.5) is 5.69 Å². The highest BCUT2D eigenvalue weighted by Gasteiger charge is 2.16. The first-order valence-corrected chi connectivity index (χ1v) is 6.03. The lowest BCUT2D eigenvalue weighted by molar-refractivity contribution is -0.886. The average molecular weight is 246 g/mol. The Bertz CT molecular complexity index is 456. The molecule has 0 heterocycles. The van der Waals surface area contributed by atoms with Crippen molar-refractivity contribution >= 4 is 11.6 Å². The third kappa shape index (κ3) is 3.57. The summed E-state index contributed by atoms with van der Waals surface area (Å²) >= 11 is 0. The van der Waals surface area contributed by atoms with Gasteiger partial charge in [0.05, 0.1) is 7.05 Å². The molecule has 4 nitrogen and oxygen atoms in total. The van der Waals surface area contributed by atoms with E-state index in [0.29, 0.717) is 6.54 Å². The zero-order valence-corrected chi connectivity index (χ0v) is 11.4. The first kappa shape index (κ1) is 14.2. The van der Waals surface area contributed by atoms with E-state index in [1.165, 1.54) is 0 Å². The number of anilines is 1. The quantitative estimate of drug-likeness (QED) is 0.820. The molecule has 4 heteroatoms. The molecule has 0 radical (unpaired) electrons. The van der Waals surface area contributed by atoms with Crippen molar-refractivity contribution in [2.24, 2.45) is 0 Å². The van der Waals surface area contributed by atoms with Crippen molar-refractivity contribution in [1.29, 1.82) is 5.26 Å². The number of nitrogens with zero attached hydrogens (tertiary/aromatic N) is 1. The van der Waals surface area contributed by atoms with Crippen LogP contribution >= 0.6 is 0 Å². The normalized spacial score (nSPS) is 13.5. The fourth-order valence-electron chi connectivity index (χ4n) is 1.71. The van der Waals surface area contributed by atoms with Crippen LogP contribution in [-0.4, -0.2) is 25.5 Å². The zero-order chi connectivity index (χ0) is 13.7. The number of likely N-dealkylation sites (N-methyl/N-ethyl adjacent to an activating group) is 1. The average Bonchev–Trinajstić information content (AvgIpc) is 2.32. The molecule has 1 rings (SSSR count). The molecule has 96 valence electrons. The Morgan fingerprint density at radius 2 is 2.00 bits per heavy atom. The number of hydrogen-bond acceptors (Lipinski definition) is 2. The van der Waals surface area contributed by atoms with Gasteiger partial charge in [0.15, 0.2) is 12.6 Å². The maximum Gasteiger partial charge on any atom is 0.279 e. The molecule has 2 N–H and O–H groups in total. The van der Waals surface area contributed by atoms with Gasteiger partial charge in [0, 0.05) is 12.6 Å². The van der Waals surface area contributed by atoms with Crippen LogP contribution < -0.4 is 10.2 Å². The fourth-order valence-corrected chi connectivity index (χ4v) is 1.71. The number of para-hydroxylation sites is 1. The highest BCUT2D eigenvalue weighted by atomic mass is 16.2. The van der Waals surface area contributed by atoms with Crippen LogP contribution in [0.25, 0.3) is 0 Å². The Morgan fingerprint density at radius 3 is 2.50 bits per heavy atom. The summed E-state index contributed by atoms with van der Waals surface area (Å²) in [5.74, 6) is -0.0630. The Hall–Kier alpha value is -1.86. The van der Waals surface area contributed by atoms with Gasteiger partial charge in [-0.25, -0.2) is 0 Å². The SMILES string of the molecule is Cc1cccc(C)c1NC(=O)C[NH+](C)[C@H](C)C#N. The largest absolute Gasteiger partial charge is 0.321 e. The third-order valence-corrected chi connectivity index (χ3v) is 3.12. The maximum atomic E-state index is 11.9. The number of hydrogen-bond donors (Lipinski definition) is 2. The van der Waals surface area contributed by atoms with Crippen molar-refractivity contribution in [3.8, 4) is 6.07 Å². The van der Waals surface area contributed by atoms with Gasteiger partial charge in [-0.3, -0.25) is 4.79 Å². The Kier molecular flexibility index (Phi) is 4.87. The number of carbonyl (C=O) groups is 1. The molecule has 0 spiro atoms. The molecule has 1 aromatic carbocycles. The van der Waals surface area contributed by atoms with E-state index >= 15 is 0 Å². The molecule has 0 aliphatic carbocycles. The molecule has 0 fully saturated rings. The van der Waals surface area contributed by atoms with Gasteiger partial charge in [0.25, 0.3) is 5.91 Å². The monoisotopic (exact) mass is 246 g/mol. The van der Waals surface area contributed by atoms with Gasteiger partial charge in [-0.15, -0.1) is 0 Å². The Balaban J connectivity index is 2.69. The molecule has 0 aromatic heterocycles. The molecular formula is C14H20N3O+. The van der Waals surface area contributed by atoms with Crippen molar-refractivity contribution in [2.75, 3.05) is 18.9 Å². The van der Waals surface area contributed by atoms with Crippen molar-refractivity contribution in [1.82, 2.24) is 0 Å². The fraction of sp³-hybridized carbons (Fsp3) is 0.429. The van der Waals surface area contributed by atoms with E-state index in [4.69, 9.17) is 5.26 Å². The maximum absolute atomic E-state index is 11.9. The third-order valence-electron chi connectivity index (χ3n) is 3.12. The summed E-state index contributed by atoms with van der Waals surface area (Å²) in [5.41, 5.74) is 2.98. The second-order valence-corrected chi connectivity index (χ2v) is 4.69. The molecule has 1 aromatic rings. The second kappa shape index (κ2) is 6.18. The summed E-state index contributed by atoms with van der Waals surface area (Å²) in [5, 5.41) is 11.7. The summed E-state index contributed by atoms with van der Waals surface area (Å²) in [6, 6.07) is 7.86. The number of benzene rings is 1. The van der Waals surface area contributed by atoms with E-state index in [1.54, 1.807) is 0 Å². The molecule has 0 bridgehead atoms. The van der Waals surface area contributed by atoms with Gasteiger partial charge in [-0.05, 0) is 25.0 Å². The van der Waals surface area contributed by atoms with Gasteiger partial charge in [0.1, 0.15) is 6.07 Å². The van der Waals surface area contributed by atoms with Crippen LogP contribution in [0, 0.1) is 25.2 Å². The first-order chi connectivity index (χ1) is 8.45. The summed E-state index contributed by atoms with van der Waals surface area (Å²) in [6.45, 7) is 6.04. The number of nitrogens with one attached hydrogen (secondary N) is 2. The van der Waals surface area contributed by atoms with E-state index in [0.717, 1.165) is 21.7 Å². The van der Waals surface area contributed by atoms with E-state index in [-0.39, 0.29) is 11.9 Å². The highest BCUT2D eigenvalue weighted by molar-refractivity contribution is 5.93. The summed E-state index contributed by atoms with van der Waals surface area (Å²) in [4.78, 5) is 12.8. The van der Waals surface area contributed by atoms with E-state index in [2.05, 4.69) is 11.4 Å². The summed E-state index contributed by atoms with van der Waals surface area (Å²) in [6.07, 6.45) is 0. The van der Waals surface area contributed by atoms with Crippen LogP contribution in [0.3, 0.4) is 0 Å². The lowest BCUT2D eigenvalue weighted by Crippen LogP contribution is -3.13. The van der Waals surface area contributed by atoms with Crippen molar-refractivity contribution in [3.63, 3.8) is 0 Å². The zero-order valence-electron chi connectivity index (χ0n) is 11.4. The highest BCUT2D eigenvalue weighted by Crippen LogP contribution is 2.18. The smallest absolute Gasteiger partial charge is 0.279 e. The summed E-state index contributed by atoms with van der Waals surface area (Å²) in [7, 11) is 1.85. The van der Waals surface area contributed by atoms with Gasteiger partial charge < -0.3 is 10.2 Å². The van der Waals surface area contributed by atoms with Crippen molar-refractivity contribution < 1.29 is 9.69 Å². The minimum Gasteiger partial charge on any atom is -0.321 e. The summed E-state index contributed by atoms with van der Waals surface area (Å²) < 4.78 is 0. The van der Waals surface area contributed by atoms with Crippen LogP contribution in [0.5, 0.6) is 0 Å². The predicted octanol–water partition coefficient (Wildman–Crippen LogP) is 0.669. The van der Waals surface area contributed by atoms with Gasteiger partial charge in [0.2, 0.25) is 0 Å². The Labute approximate surface area is 108 Å². The lowest BCUT2D eigenvalue weighted by Gasteiger charge is -2.17. The topological polar surface area (TPSA) is 57.3 Å². The molecule has 0 aliphatic heterocycles. The molecule has 0 saturated carbocycles. The molecule has 1 amide bonds. The molecule has 0 saturated heterocycles. The van der Waals surface area contributed by atoms with Gasteiger partial charge in [-0.2, -0.15) is 5.26 Å². The lowest BCUT2D eigenvalue weighted by atomic mass is 10.1. The molecular weight excluding hydrogens is 226 g/mol. The minimum atomic E-state index is -0.186. The van der Waals surface area contributed by atoms with Crippen LogP contribution in [-0.2, 0) is 4.79 Å². The number of quaternary nitrogens is 1. The van der Waals surface area contributed by atoms with E-state index < -0.39 is 0 Å². The number of rotatable bonds is 4. The van der Waals surface area contributed by atoms with Crippen molar-refractivity contribution in [2.45, 2.75) is 26.8 Å². The van der Waals surface area contributed by atoms with Crippen molar-refractivity contribution in [3.05, 3.63) is 29.3 Å².